The van der Waals surface area contributed by atoms with Crippen molar-refractivity contribution < 1.29 is 13.2 Å². The molecule has 30 heavy (non-hydrogen) atoms. The van der Waals surface area contributed by atoms with Crippen LogP contribution in [0.2, 0.25) is 0 Å². The van der Waals surface area contributed by atoms with Crippen LogP contribution in [0, 0.1) is 0 Å². The molecule has 5 nitrogen and oxygen atoms in total. The van der Waals surface area contributed by atoms with Gasteiger partial charge in [0.25, 0.3) is 0 Å². The molecular formula is C24H30N2O3S. The van der Waals surface area contributed by atoms with E-state index in [2.05, 4.69) is 30.9 Å². The number of amides is 1. The maximum Gasteiger partial charge on any atom is 0.241 e. The minimum atomic E-state index is -3.16. The number of benzene rings is 2. The molecule has 2 atom stereocenters. The van der Waals surface area contributed by atoms with Crippen LogP contribution in [0.1, 0.15) is 37.3 Å². The first-order chi connectivity index (χ1) is 14.3. The number of carbonyl (C=O) groups excluding carboxylic acids is 1. The van der Waals surface area contributed by atoms with Crippen LogP contribution in [-0.4, -0.2) is 55.9 Å². The second kappa shape index (κ2) is 8.52. The Kier molecular flexibility index (Phi) is 5.98. The van der Waals surface area contributed by atoms with E-state index < -0.39 is 9.84 Å². The molecule has 2 aliphatic rings. The summed E-state index contributed by atoms with van der Waals surface area (Å²) in [6.07, 6.45) is 1.83. The number of fused-ring (bicyclic) bond motifs is 1. The summed E-state index contributed by atoms with van der Waals surface area (Å²) in [4.78, 5) is 16.9. The van der Waals surface area contributed by atoms with E-state index in [-0.39, 0.29) is 36.0 Å². The van der Waals surface area contributed by atoms with Crippen molar-refractivity contribution in [2.24, 2.45) is 0 Å². The monoisotopic (exact) mass is 426 g/mol. The van der Waals surface area contributed by atoms with Crippen molar-refractivity contribution in [3.05, 3.63) is 65.7 Å². The number of nitrogens with zero attached hydrogens (tertiary/aromatic N) is 2. The number of sulfone groups is 1. The molecule has 0 bridgehead atoms. The maximum absolute atomic E-state index is 13.1. The predicted octanol–water partition coefficient (Wildman–Crippen LogP) is 3.26. The summed E-state index contributed by atoms with van der Waals surface area (Å²) in [7, 11) is -3.16. The largest absolute Gasteiger partial charge is 0.306 e. The minimum Gasteiger partial charge on any atom is -0.306 e. The molecule has 0 aromatic heterocycles. The first-order valence-corrected chi connectivity index (χ1v) is 12.6. The number of anilines is 1. The molecule has 2 aromatic rings. The Morgan fingerprint density at radius 1 is 0.967 bits per heavy atom. The van der Waals surface area contributed by atoms with E-state index in [9.17, 15) is 13.2 Å². The van der Waals surface area contributed by atoms with Crippen LogP contribution < -0.4 is 4.90 Å². The summed E-state index contributed by atoms with van der Waals surface area (Å²) in [5, 5.41) is 0. The maximum atomic E-state index is 13.1. The van der Waals surface area contributed by atoms with Gasteiger partial charge in [-0.15, -0.1) is 0 Å². The number of carbonyl (C=O) groups is 1. The Morgan fingerprint density at radius 2 is 1.63 bits per heavy atom. The quantitative estimate of drug-likeness (QED) is 0.712. The first-order valence-electron chi connectivity index (χ1n) is 10.7. The zero-order valence-corrected chi connectivity index (χ0v) is 18.5. The van der Waals surface area contributed by atoms with Gasteiger partial charge in [0.15, 0.2) is 9.84 Å². The van der Waals surface area contributed by atoms with E-state index >= 15 is 0 Å². The molecule has 2 aromatic carbocycles. The first kappa shape index (κ1) is 21.1. The Morgan fingerprint density at radius 3 is 2.30 bits per heavy atom. The van der Waals surface area contributed by atoms with Crippen molar-refractivity contribution >= 4 is 21.4 Å². The summed E-state index contributed by atoms with van der Waals surface area (Å²) >= 11 is 0. The van der Waals surface area contributed by atoms with E-state index in [0.717, 1.165) is 25.1 Å². The lowest BCUT2D eigenvalue weighted by molar-refractivity contribution is -0.123. The van der Waals surface area contributed by atoms with E-state index in [0.29, 0.717) is 5.92 Å². The molecule has 0 radical (unpaired) electrons. The fourth-order valence-corrected chi connectivity index (χ4v) is 6.67. The lowest BCUT2D eigenvalue weighted by Crippen LogP contribution is -2.62. The number of aryl methyl sites for hydroxylation is 1. The lowest BCUT2D eigenvalue weighted by Gasteiger charge is -2.43. The highest BCUT2D eigenvalue weighted by Crippen LogP contribution is 2.32. The van der Waals surface area contributed by atoms with Gasteiger partial charge in [-0.1, -0.05) is 56.3 Å². The van der Waals surface area contributed by atoms with Gasteiger partial charge in [-0.2, -0.15) is 0 Å². The molecule has 6 heteroatoms. The van der Waals surface area contributed by atoms with Gasteiger partial charge in [-0.3, -0.25) is 9.69 Å². The van der Waals surface area contributed by atoms with Crippen LogP contribution in [0.4, 0.5) is 5.69 Å². The molecule has 2 saturated heterocycles. The van der Waals surface area contributed by atoms with Crippen LogP contribution in [0.25, 0.3) is 0 Å². The molecule has 1 amide bonds. The van der Waals surface area contributed by atoms with E-state index in [1.54, 1.807) is 4.90 Å². The van der Waals surface area contributed by atoms with E-state index in [4.69, 9.17) is 0 Å². The van der Waals surface area contributed by atoms with Gasteiger partial charge in [0.1, 0.15) is 0 Å². The number of piperazine rings is 1. The van der Waals surface area contributed by atoms with Crippen LogP contribution in [-0.2, 0) is 21.1 Å². The Hall–Kier alpha value is -2.18. The SMILES string of the molecule is CC(C)c1ccc(N2C(=O)CN(CCCc3ccccc3)C3CS(=O)(=O)CC32)cc1. The third kappa shape index (κ3) is 4.44. The van der Waals surface area contributed by atoms with Crippen molar-refractivity contribution in [1.29, 1.82) is 0 Å². The Bertz CT molecular complexity index is 987. The molecule has 0 N–H and O–H groups in total. The average molecular weight is 427 g/mol. The van der Waals surface area contributed by atoms with Crippen molar-refractivity contribution in [3.63, 3.8) is 0 Å². The van der Waals surface area contributed by atoms with Gasteiger partial charge in [-0.05, 0) is 48.6 Å². The van der Waals surface area contributed by atoms with Crippen molar-refractivity contribution in [2.45, 2.75) is 44.7 Å². The van der Waals surface area contributed by atoms with Gasteiger partial charge in [-0.25, -0.2) is 8.42 Å². The van der Waals surface area contributed by atoms with E-state index in [1.807, 2.05) is 42.5 Å². The smallest absolute Gasteiger partial charge is 0.241 e. The highest BCUT2D eigenvalue weighted by atomic mass is 32.2. The molecular weight excluding hydrogens is 396 g/mol. The molecule has 2 aliphatic heterocycles. The fraction of sp³-hybridized carbons (Fsp3) is 0.458. The van der Waals surface area contributed by atoms with Crippen LogP contribution in [0.3, 0.4) is 0 Å². The lowest BCUT2D eigenvalue weighted by atomic mass is 10.00. The molecule has 4 rings (SSSR count). The third-order valence-electron chi connectivity index (χ3n) is 6.29. The molecule has 0 aliphatic carbocycles. The van der Waals surface area contributed by atoms with Gasteiger partial charge in [0, 0.05) is 11.7 Å². The summed E-state index contributed by atoms with van der Waals surface area (Å²) in [5.41, 5.74) is 3.28. The molecule has 0 spiro atoms. The highest BCUT2D eigenvalue weighted by molar-refractivity contribution is 7.91. The predicted molar refractivity (Wildman–Crippen MR) is 121 cm³/mol. The normalized spacial score (nSPS) is 23.7. The standard InChI is InChI=1S/C24H30N2O3S/c1-18(2)20-10-12-21(13-11-20)26-23-17-30(28,29)16-22(23)25(15-24(26)27)14-6-9-19-7-4-3-5-8-19/h3-5,7-8,10-13,18,22-23H,6,9,14-17H2,1-2H3. The summed E-state index contributed by atoms with van der Waals surface area (Å²) in [6, 6.07) is 17.8. The van der Waals surface area contributed by atoms with Gasteiger partial charge in [0.05, 0.1) is 24.1 Å². The zero-order chi connectivity index (χ0) is 21.3. The average Bonchev–Trinajstić information content (AvgIpc) is 3.04. The third-order valence-corrected chi connectivity index (χ3v) is 7.99. The van der Waals surface area contributed by atoms with Crippen molar-refractivity contribution in [2.75, 3.05) is 29.5 Å². The Balaban J connectivity index is 1.51. The van der Waals surface area contributed by atoms with E-state index in [1.165, 1.54) is 11.1 Å². The second-order valence-corrected chi connectivity index (χ2v) is 10.9. The molecule has 2 heterocycles. The van der Waals surface area contributed by atoms with Gasteiger partial charge in [0.2, 0.25) is 5.91 Å². The molecule has 160 valence electrons. The van der Waals surface area contributed by atoms with Gasteiger partial charge >= 0.3 is 0 Å². The summed E-state index contributed by atoms with van der Waals surface area (Å²) in [5.74, 6) is 0.586. The fourth-order valence-electron chi connectivity index (χ4n) is 4.69. The summed E-state index contributed by atoms with van der Waals surface area (Å²) in [6.45, 7) is 5.27. The van der Waals surface area contributed by atoms with Crippen molar-refractivity contribution in [1.82, 2.24) is 4.90 Å². The minimum absolute atomic E-state index is 0.00893. The number of rotatable bonds is 6. The Labute approximate surface area is 179 Å². The topological polar surface area (TPSA) is 57.7 Å². The second-order valence-electron chi connectivity index (χ2n) is 8.78. The molecule has 0 saturated carbocycles. The van der Waals surface area contributed by atoms with Crippen LogP contribution >= 0.6 is 0 Å². The van der Waals surface area contributed by atoms with Crippen molar-refractivity contribution in [3.8, 4) is 0 Å². The van der Waals surface area contributed by atoms with Crippen LogP contribution in [0.5, 0.6) is 0 Å². The molecule has 2 fully saturated rings. The van der Waals surface area contributed by atoms with Crippen LogP contribution in [0.15, 0.2) is 54.6 Å². The number of hydrogen-bond acceptors (Lipinski definition) is 4. The molecule has 2 unspecified atom stereocenters. The summed E-state index contributed by atoms with van der Waals surface area (Å²) < 4.78 is 25.0. The van der Waals surface area contributed by atoms with Gasteiger partial charge < -0.3 is 4.90 Å². The zero-order valence-electron chi connectivity index (χ0n) is 17.7. The highest BCUT2D eigenvalue weighted by Gasteiger charge is 2.49. The number of hydrogen-bond donors (Lipinski definition) is 0.